The van der Waals surface area contributed by atoms with Crippen LogP contribution in [0.1, 0.15) is 22.6 Å². The average Bonchev–Trinajstić information content (AvgIpc) is 3.33. The zero-order chi connectivity index (χ0) is 25.4. The number of halogens is 1. The highest BCUT2D eigenvalue weighted by atomic mass is 79.9. The van der Waals surface area contributed by atoms with Crippen LogP contribution in [0.3, 0.4) is 0 Å². The number of nitrogens with zero attached hydrogens (tertiary/aromatic N) is 2. The van der Waals surface area contributed by atoms with Crippen LogP contribution in [-0.2, 0) is 6.61 Å². The van der Waals surface area contributed by atoms with Crippen molar-refractivity contribution in [3.05, 3.63) is 91.3 Å². The summed E-state index contributed by atoms with van der Waals surface area (Å²) in [4.78, 5) is 10.6. The number of rotatable bonds is 6. The van der Waals surface area contributed by atoms with Gasteiger partial charge in [0, 0.05) is 23.8 Å². The van der Waals surface area contributed by atoms with Crippen LogP contribution in [0.15, 0.2) is 64.5 Å². The van der Waals surface area contributed by atoms with Crippen LogP contribution in [0, 0.1) is 21.4 Å². The summed E-state index contributed by atoms with van der Waals surface area (Å²) in [5, 5.41) is 21.0. The van der Waals surface area contributed by atoms with Crippen LogP contribution < -0.4 is 29.4 Å². The molecule has 0 spiro atoms. The number of benzene rings is 3. The number of hydrogen-bond donors (Lipinski definition) is 1. The van der Waals surface area contributed by atoms with Gasteiger partial charge in [-0.15, -0.1) is 0 Å². The van der Waals surface area contributed by atoms with E-state index >= 15 is 0 Å². The molecule has 182 valence electrons. The Kier molecular flexibility index (Phi) is 6.03. The van der Waals surface area contributed by atoms with Gasteiger partial charge in [-0.1, -0.05) is 12.1 Å². The third-order valence-electron chi connectivity index (χ3n) is 5.80. The van der Waals surface area contributed by atoms with E-state index in [2.05, 4.69) is 22.0 Å². The van der Waals surface area contributed by atoms with E-state index in [0.717, 1.165) is 0 Å². The van der Waals surface area contributed by atoms with Gasteiger partial charge in [0.2, 0.25) is 12.7 Å². The Labute approximate surface area is 213 Å². The van der Waals surface area contributed by atoms with E-state index in [0.29, 0.717) is 49.9 Å². The lowest BCUT2D eigenvalue weighted by Gasteiger charge is -2.27. The van der Waals surface area contributed by atoms with Gasteiger partial charge >= 0.3 is 0 Å². The fourth-order valence-electron chi connectivity index (χ4n) is 4.15. The highest BCUT2D eigenvalue weighted by Gasteiger charge is 2.34. The van der Waals surface area contributed by atoms with Gasteiger partial charge in [-0.25, -0.2) is 0 Å². The zero-order valence-corrected chi connectivity index (χ0v) is 20.4. The summed E-state index contributed by atoms with van der Waals surface area (Å²) in [6.07, 6.45) is 0. The van der Waals surface area contributed by atoms with Gasteiger partial charge in [-0.05, 0) is 45.3 Å². The monoisotopic (exact) mass is 551 g/mol. The van der Waals surface area contributed by atoms with Gasteiger partial charge in [0.1, 0.15) is 24.0 Å². The maximum absolute atomic E-state index is 11.1. The quantitative estimate of drug-likeness (QED) is 0.334. The van der Waals surface area contributed by atoms with E-state index in [1.54, 1.807) is 36.4 Å². The highest BCUT2D eigenvalue weighted by molar-refractivity contribution is 9.10. The maximum atomic E-state index is 11.1. The van der Waals surface area contributed by atoms with Crippen molar-refractivity contribution in [2.45, 2.75) is 12.5 Å². The van der Waals surface area contributed by atoms with Crippen LogP contribution in [0.2, 0.25) is 0 Å². The molecule has 3 aromatic rings. The first-order valence-electron chi connectivity index (χ1n) is 10.6. The Morgan fingerprint density at radius 3 is 2.69 bits per heavy atom. The molecule has 5 rings (SSSR count). The summed E-state index contributed by atoms with van der Waals surface area (Å²) in [6, 6.07) is 15.4. The highest BCUT2D eigenvalue weighted by Crippen LogP contribution is 2.50. The van der Waals surface area contributed by atoms with Crippen LogP contribution in [0.25, 0.3) is 0 Å². The minimum atomic E-state index is -0.565. The number of fused-ring (bicyclic) bond motifs is 2. The Hall–Kier alpha value is -4.43. The lowest BCUT2D eigenvalue weighted by atomic mass is 9.83. The number of hydrogen-bond acceptors (Lipinski definition) is 9. The molecule has 2 aliphatic heterocycles. The number of nitro groups is 1. The lowest BCUT2D eigenvalue weighted by molar-refractivity contribution is -0.384. The number of nitriles is 1. The number of non-ortho nitro benzene ring substituents is 1. The van der Waals surface area contributed by atoms with Crippen LogP contribution >= 0.6 is 15.9 Å². The lowest BCUT2D eigenvalue weighted by Crippen LogP contribution is -2.21. The van der Waals surface area contributed by atoms with Crippen molar-refractivity contribution in [3.8, 4) is 34.8 Å². The first-order chi connectivity index (χ1) is 17.4. The molecule has 0 aromatic heterocycles. The van der Waals surface area contributed by atoms with Crippen molar-refractivity contribution < 1.29 is 28.6 Å². The molecule has 36 heavy (non-hydrogen) atoms. The SMILES string of the molecule is COc1cc([C@H]2C(C#N)=C(N)Oc3cc4c(cc32)OCO4)cc(Br)c1OCc1cccc([N+](=O)[O-])c1. The van der Waals surface area contributed by atoms with Crippen LogP contribution in [0.5, 0.6) is 28.7 Å². The van der Waals surface area contributed by atoms with Crippen molar-refractivity contribution in [2.24, 2.45) is 5.73 Å². The predicted octanol–water partition coefficient (Wildman–Crippen LogP) is 4.89. The average molecular weight is 552 g/mol. The molecule has 2 aliphatic rings. The molecule has 0 aliphatic carbocycles. The Balaban J connectivity index is 1.53. The molecule has 0 bridgehead atoms. The van der Waals surface area contributed by atoms with Crippen LogP contribution in [0.4, 0.5) is 5.69 Å². The van der Waals surface area contributed by atoms with Gasteiger partial charge in [0.05, 0.1) is 22.4 Å². The second kappa shape index (κ2) is 9.31. The summed E-state index contributed by atoms with van der Waals surface area (Å²) in [5.41, 5.74) is 8.33. The predicted molar refractivity (Wildman–Crippen MR) is 130 cm³/mol. The van der Waals surface area contributed by atoms with Crippen molar-refractivity contribution in [2.75, 3.05) is 13.9 Å². The molecule has 0 radical (unpaired) electrons. The number of allylic oxidation sites excluding steroid dienone is 1. The standard InChI is InChI=1S/C25H18BrN3O7/c1-32-22-7-14(6-18(26)24(22)33-11-13-3-2-4-15(5-13)29(30)31)23-16-8-20-21(35-12-34-20)9-19(16)36-25(28)17(23)10-27/h2-9,23H,11-12,28H2,1H3/t23-/m1/s1. The molecule has 0 saturated heterocycles. The van der Waals surface area contributed by atoms with E-state index in [9.17, 15) is 15.4 Å². The first kappa shape index (κ1) is 23.3. The Morgan fingerprint density at radius 2 is 1.97 bits per heavy atom. The van der Waals surface area contributed by atoms with Crippen molar-refractivity contribution in [1.82, 2.24) is 0 Å². The molecule has 0 saturated carbocycles. The molecule has 10 nitrogen and oxygen atoms in total. The summed E-state index contributed by atoms with van der Waals surface area (Å²) >= 11 is 3.54. The largest absolute Gasteiger partial charge is 0.493 e. The van der Waals surface area contributed by atoms with Crippen LogP contribution in [-0.4, -0.2) is 18.8 Å². The molecular formula is C25H18BrN3O7. The second-order valence-electron chi connectivity index (χ2n) is 7.92. The summed E-state index contributed by atoms with van der Waals surface area (Å²) in [6.45, 7) is 0.169. The van der Waals surface area contributed by atoms with E-state index in [1.165, 1.54) is 19.2 Å². The number of nitro benzene ring substituents is 1. The molecule has 2 heterocycles. The first-order valence-corrected chi connectivity index (χ1v) is 11.4. The molecule has 11 heteroatoms. The summed E-state index contributed by atoms with van der Waals surface area (Å²) in [5.74, 6) is 1.77. The van der Waals surface area contributed by atoms with Gasteiger partial charge < -0.3 is 29.4 Å². The summed E-state index contributed by atoms with van der Waals surface area (Å²) < 4.78 is 28.8. The van der Waals surface area contributed by atoms with Gasteiger partial charge in [0.15, 0.2) is 23.0 Å². The molecule has 0 unspecified atom stereocenters. The Morgan fingerprint density at radius 1 is 1.19 bits per heavy atom. The van der Waals surface area contributed by atoms with Crippen molar-refractivity contribution in [3.63, 3.8) is 0 Å². The van der Waals surface area contributed by atoms with E-state index in [4.69, 9.17) is 29.4 Å². The minimum absolute atomic E-state index is 0.00467. The normalized spacial score (nSPS) is 15.5. The number of methoxy groups -OCH3 is 1. The second-order valence-corrected chi connectivity index (χ2v) is 8.77. The molecular weight excluding hydrogens is 534 g/mol. The molecule has 0 fully saturated rings. The van der Waals surface area contributed by atoms with Crippen molar-refractivity contribution >= 4 is 21.6 Å². The zero-order valence-electron chi connectivity index (χ0n) is 18.8. The third kappa shape index (κ3) is 4.12. The molecule has 1 atom stereocenters. The topological polar surface area (TPSA) is 139 Å². The van der Waals surface area contributed by atoms with E-state index in [-0.39, 0.29) is 30.5 Å². The maximum Gasteiger partial charge on any atom is 0.269 e. The van der Waals surface area contributed by atoms with E-state index in [1.807, 2.05) is 0 Å². The van der Waals surface area contributed by atoms with Gasteiger partial charge in [-0.3, -0.25) is 10.1 Å². The van der Waals surface area contributed by atoms with Gasteiger partial charge in [-0.2, -0.15) is 5.26 Å². The number of nitrogens with two attached hydrogens (primary N) is 1. The molecule has 3 aromatic carbocycles. The fraction of sp³-hybridized carbons (Fsp3) is 0.160. The number of ether oxygens (including phenoxy) is 5. The van der Waals surface area contributed by atoms with Gasteiger partial charge in [0.25, 0.3) is 5.69 Å². The fourth-order valence-corrected chi connectivity index (χ4v) is 4.73. The van der Waals surface area contributed by atoms with E-state index < -0.39 is 10.8 Å². The molecule has 0 amide bonds. The summed E-state index contributed by atoms with van der Waals surface area (Å²) in [7, 11) is 1.50. The third-order valence-corrected chi connectivity index (χ3v) is 6.39. The molecule has 2 N–H and O–H groups in total. The Bertz CT molecular complexity index is 1460. The van der Waals surface area contributed by atoms with Crippen molar-refractivity contribution in [1.29, 1.82) is 5.26 Å². The minimum Gasteiger partial charge on any atom is -0.493 e. The smallest absolute Gasteiger partial charge is 0.269 e.